The Morgan fingerprint density at radius 3 is 2.67 bits per heavy atom. The molecule has 2 aromatic carbocycles. The number of rotatable bonds is 2. The number of carbonyl (C=O) groups is 1. The van der Waals surface area contributed by atoms with Gasteiger partial charge in [0, 0.05) is 9.26 Å². The quantitative estimate of drug-likeness (QED) is 0.811. The zero-order valence-corrected chi connectivity index (χ0v) is 11.9. The molecule has 0 bridgehead atoms. The molecule has 0 saturated carbocycles. The highest BCUT2D eigenvalue weighted by molar-refractivity contribution is 14.1. The van der Waals surface area contributed by atoms with E-state index in [1.165, 1.54) is 12.1 Å². The molecule has 2 nitrogen and oxygen atoms in total. The van der Waals surface area contributed by atoms with E-state index < -0.39 is 0 Å². The summed E-state index contributed by atoms with van der Waals surface area (Å²) in [5, 5.41) is 2.72. The summed E-state index contributed by atoms with van der Waals surface area (Å²) in [5.41, 5.74) is 1.91. The molecule has 0 spiro atoms. The molecule has 0 aliphatic heterocycles. The normalized spacial score (nSPS) is 10.2. The van der Waals surface area contributed by atoms with Crippen molar-refractivity contribution in [1.29, 1.82) is 0 Å². The second-order valence-corrected chi connectivity index (χ2v) is 5.06. The maximum Gasteiger partial charge on any atom is 0.256 e. The Morgan fingerprint density at radius 2 is 1.94 bits per heavy atom. The maximum atomic E-state index is 13.1. The molecular formula is C14H11FINO. The molecule has 0 aromatic heterocycles. The Balaban J connectivity index is 2.27. The molecule has 0 radical (unpaired) electrons. The van der Waals surface area contributed by atoms with E-state index >= 15 is 0 Å². The average Bonchev–Trinajstić information content (AvgIpc) is 2.34. The number of aryl methyl sites for hydroxylation is 1. The van der Waals surface area contributed by atoms with Crippen LogP contribution in [0, 0.1) is 16.3 Å². The van der Waals surface area contributed by atoms with Crippen LogP contribution in [0.3, 0.4) is 0 Å². The number of carbonyl (C=O) groups excluding carboxylic acids is 1. The van der Waals surface area contributed by atoms with Gasteiger partial charge in [0.2, 0.25) is 0 Å². The highest BCUT2D eigenvalue weighted by Gasteiger charge is 2.10. The second-order valence-electron chi connectivity index (χ2n) is 3.89. The first-order valence-electron chi connectivity index (χ1n) is 5.40. The molecular weight excluding hydrogens is 344 g/mol. The number of nitrogens with one attached hydrogen (secondary N) is 1. The molecule has 4 heteroatoms. The molecule has 92 valence electrons. The topological polar surface area (TPSA) is 29.1 Å². The fraction of sp³-hybridized carbons (Fsp3) is 0.0714. The summed E-state index contributed by atoms with van der Waals surface area (Å²) in [6, 6.07) is 11.6. The van der Waals surface area contributed by atoms with Crippen LogP contribution in [0.5, 0.6) is 0 Å². The fourth-order valence-electron chi connectivity index (χ4n) is 1.56. The van der Waals surface area contributed by atoms with Crippen molar-refractivity contribution in [1.82, 2.24) is 0 Å². The van der Waals surface area contributed by atoms with Crippen molar-refractivity contribution in [3.05, 3.63) is 63.0 Å². The van der Waals surface area contributed by atoms with Gasteiger partial charge < -0.3 is 5.32 Å². The van der Waals surface area contributed by atoms with Gasteiger partial charge in [0.05, 0.1) is 5.56 Å². The van der Waals surface area contributed by atoms with E-state index in [1.54, 1.807) is 18.2 Å². The summed E-state index contributed by atoms with van der Waals surface area (Å²) in [4.78, 5) is 12.1. The summed E-state index contributed by atoms with van der Waals surface area (Å²) in [7, 11) is 0. The first kappa shape index (κ1) is 13.0. The Bertz CT molecular complexity index is 598. The molecule has 1 N–H and O–H groups in total. The van der Waals surface area contributed by atoms with Gasteiger partial charge in [-0.05, 0) is 59.3 Å². The van der Waals surface area contributed by atoms with E-state index in [0.29, 0.717) is 11.3 Å². The van der Waals surface area contributed by atoms with Crippen LogP contribution < -0.4 is 5.32 Å². The first-order valence-corrected chi connectivity index (χ1v) is 6.48. The van der Waals surface area contributed by atoms with Crippen LogP contribution in [0.25, 0.3) is 0 Å². The molecule has 0 fully saturated rings. The maximum absolute atomic E-state index is 13.1. The van der Waals surface area contributed by atoms with Crippen molar-refractivity contribution in [2.45, 2.75) is 6.92 Å². The highest BCUT2D eigenvalue weighted by atomic mass is 127. The monoisotopic (exact) mass is 355 g/mol. The minimum absolute atomic E-state index is 0.228. The number of amides is 1. The van der Waals surface area contributed by atoms with E-state index in [4.69, 9.17) is 0 Å². The van der Waals surface area contributed by atoms with Crippen LogP contribution in [0.15, 0.2) is 42.5 Å². The Kier molecular flexibility index (Phi) is 3.96. The smallest absolute Gasteiger partial charge is 0.256 e. The number of halogens is 2. The third kappa shape index (κ3) is 2.87. The minimum Gasteiger partial charge on any atom is -0.322 e. The van der Waals surface area contributed by atoms with Crippen molar-refractivity contribution in [2.75, 3.05) is 5.32 Å². The van der Waals surface area contributed by atoms with Crippen molar-refractivity contribution >= 4 is 34.2 Å². The predicted molar refractivity (Wildman–Crippen MR) is 78.2 cm³/mol. The summed E-state index contributed by atoms with van der Waals surface area (Å²) in [5.74, 6) is -0.590. The Hall–Kier alpha value is -1.43. The largest absolute Gasteiger partial charge is 0.322 e. The molecule has 0 heterocycles. The van der Waals surface area contributed by atoms with Crippen LogP contribution >= 0.6 is 22.6 Å². The van der Waals surface area contributed by atoms with Gasteiger partial charge in [-0.25, -0.2) is 4.39 Å². The number of hydrogen-bond donors (Lipinski definition) is 1. The van der Waals surface area contributed by atoms with E-state index in [1.807, 2.05) is 19.1 Å². The van der Waals surface area contributed by atoms with Crippen LogP contribution in [-0.4, -0.2) is 5.91 Å². The number of hydrogen-bond acceptors (Lipinski definition) is 1. The number of benzene rings is 2. The SMILES string of the molecule is Cc1ccc(F)cc1NC(=O)c1ccccc1I. The third-order valence-corrected chi connectivity index (χ3v) is 3.51. The molecule has 0 atom stereocenters. The second kappa shape index (κ2) is 5.48. The summed E-state index contributed by atoms with van der Waals surface area (Å²) < 4.78 is 14.0. The standard InChI is InChI=1S/C14H11FINO/c1-9-6-7-10(15)8-13(9)17-14(18)11-4-2-3-5-12(11)16/h2-8H,1H3,(H,17,18). The predicted octanol–water partition coefficient (Wildman–Crippen LogP) is 3.99. The van der Waals surface area contributed by atoms with E-state index in [9.17, 15) is 9.18 Å². The third-order valence-electron chi connectivity index (χ3n) is 2.57. The van der Waals surface area contributed by atoms with Crippen molar-refractivity contribution < 1.29 is 9.18 Å². The molecule has 0 unspecified atom stereocenters. The van der Waals surface area contributed by atoms with Gasteiger partial charge >= 0.3 is 0 Å². The van der Waals surface area contributed by atoms with Crippen molar-refractivity contribution in [3.8, 4) is 0 Å². The molecule has 18 heavy (non-hydrogen) atoms. The van der Waals surface area contributed by atoms with Gasteiger partial charge in [0.1, 0.15) is 5.82 Å². The zero-order chi connectivity index (χ0) is 13.1. The molecule has 2 rings (SSSR count). The number of anilines is 1. The van der Waals surface area contributed by atoms with E-state index in [-0.39, 0.29) is 11.7 Å². The molecule has 0 aliphatic rings. The summed E-state index contributed by atoms with van der Waals surface area (Å²) in [6.45, 7) is 1.82. The van der Waals surface area contributed by atoms with Crippen LogP contribution in [0.1, 0.15) is 15.9 Å². The molecule has 1 amide bonds. The Morgan fingerprint density at radius 1 is 1.22 bits per heavy atom. The zero-order valence-electron chi connectivity index (χ0n) is 9.71. The van der Waals surface area contributed by atoms with Crippen LogP contribution in [0.2, 0.25) is 0 Å². The molecule has 2 aromatic rings. The van der Waals surface area contributed by atoms with Gasteiger partial charge in [0.25, 0.3) is 5.91 Å². The highest BCUT2D eigenvalue weighted by Crippen LogP contribution is 2.18. The minimum atomic E-state index is -0.362. The Labute approximate surface area is 118 Å². The lowest BCUT2D eigenvalue weighted by molar-refractivity contribution is 0.102. The average molecular weight is 355 g/mol. The van der Waals surface area contributed by atoms with Gasteiger partial charge in [-0.2, -0.15) is 0 Å². The fourth-order valence-corrected chi connectivity index (χ4v) is 2.20. The lowest BCUT2D eigenvalue weighted by Gasteiger charge is -2.09. The van der Waals surface area contributed by atoms with Gasteiger partial charge in [-0.15, -0.1) is 0 Å². The summed E-state index contributed by atoms with van der Waals surface area (Å²) in [6.07, 6.45) is 0. The summed E-state index contributed by atoms with van der Waals surface area (Å²) >= 11 is 2.10. The van der Waals surface area contributed by atoms with E-state index in [0.717, 1.165) is 9.13 Å². The lowest BCUT2D eigenvalue weighted by atomic mass is 10.1. The van der Waals surface area contributed by atoms with Crippen LogP contribution in [-0.2, 0) is 0 Å². The van der Waals surface area contributed by atoms with Crippen molar-refractivity contribution in [2.24, 2.45) is 0 Å². The molecule has 0 aliphatic carbocycles. The lowest BCUT2D eigenvalue weighted by Crippen LogP contribution is -2.14. The van der Waals surface area contributed by atoms with Gasteiger partial charge in [-0.3, -0.25) is 4.79 Å². The van der Waals surface area contributed by atoms with Gasteiger partial charge in [-0.1, -0.05) is 18.2 Å². The van der Waals surface area contributed by atoms with E-state index in [2.05, 4.69) is 27.9 Å². The van der Waals surface area contributed by atoms with Crippen LogP contribution in [0.4, 0.5) is 10.1 Å². The van der Waals surface area contributed by atoms with Crippen molar-refractivity contribution in [3.63, 3.8) is 0 Å². The molecule has 0 saturated heterocycles. The first-order chi connectivity index (χ1) is 8.58. The van der Waals surface area contributed by atoms with Gasteiger partial charge in [0.15, 0.2) is 0 Å².